The number of aliphatic hydroxyl groups is 1. The molecule has 1 aliphatic rings. The molecule has 0 radical (unpaired) electrons. The van der Waals surface area contributed by atoms with Crippen molar-refractivity contribution >= 4 is 46.9 Å². The van der Waals surface area contributed by atoms with Crippen LogP contribution in [0.15, 0.2) is 121 Å². The number of aliphatic hydroxyl groups excluding tert-OH is 1. The normalized spacial score (nSPS) is 15.6. The van der Waals surface area contributed by atoms with E-state index >= 15 is 4.79 Å². The van der Waals surface area contributed by atoms with Gasteiger partial charge < -0.3 is 45.3 Å². The van der Waals surface area contributed by atoms with E-state index in [9.17, 15) is 19.5 Å². The van der Waals surface area contributed by atoms with Crippen LogP contribution in [0.3, 0.4) is 0 Å². The maximum atomic E-state index is 15.2. The van der Waals surface area contributed by atoms with Gasteiger partial charge in [0.05, 0.1) is 60.0 Å². The van der Waals surface area contributed by atoms with Crippen LogP contribution in [0.1, 0.15) is 48.2 Å². The molecule has 1 aliphatic heterocycles. The number of primary amides is 1. The van der Waals surface area contributed by atoms with E-state index in [1.54, 1.807) is 11.3 Å². The van der Waals surface area contributed by atoms with Gasteiger partial charge in [-0.25, -0.2) is 9.78 Å². The van der Waals surface area contributed by atoms with Crippen LogP contribution in [0, 0.1) is 6.92 Å². The maximum absolute atomic E-state index is 15.2. The third kappa shape index (κ3) is 13.0. The number of ether oxygens (including phenoxy) is 4. The van der Waals surface area contributed by atoms with Crippen LogP contribution in [-0.4, -0.2) is 115 Å². The van der Waals surface area contributed by atoms with E-state index in [1.807, 2.05) is 105 Å². The molecule has 4 amide bonds. The predicted octanol–water partition coefficient (Wildman–Crippen LogP) is 5.83. The Labute approximate surface area is 388 Å². The monoisotopic (exact) mass is 923 g/mol. The molecule has 65 heavy (non-hydrogen) atoms. The van der Waals surface area contributed by atoms with Gasteiger partial charge in [0.15, 0.2) is 0 Å². The van der Waals surface area contributed by atoms with Crippen LogP contribution in [0.2, 0.25) is 0 Å². The Hall–Kier alpha value is -5.62. The van der Waals surface area contributed by atoms with Crippen molar-refractivity contribution in [2.45, 2.75) is 61.4 Å². The molecular formula is C49H57N5O9S2. The molecule has 2 heterocycles. The molecular weight excluding hydrogens is 867 g/mol. The first-order valence-electron chi connectivity index (χ1n) is 21.5. The molecule has 3 atom stereocenters. The Bertz CT molecular complexity index is 2200. The van der Waals surface area contributed by atoms with Crippen molar-refractivity contribution in [3.05, 3.63) is 149 Å². The minimum Gasteiger partial charge on any atom is -0.447 e. The van der Waals surface area contributed by atoms with E-state index in [-0.39, 0.29) is 65.8 Å². The number of hydrogen-bond acceptors (Lipinski definition) is 12. The van der Waals surface area contributed by atoms with Gasteiger partial charge >= 0.3 is 6.09 Å². The molecule has 16 heteroatoms. The molecule has 1 fully saturated rings. The first-order chi connectivity index (χ1) is 31.4. The lowest BCUT2D eigenvalue weighted by Gasteiger charge is -2.45. The Kier molecular flexibility index (Phi) is 17.7. The number of aromatic nitrogens is 1. The summed E-state index contributed by atoms with van der Waals surface area (Å²) in [4.78, 5) is 60.6. The number of benzene rings is 4. The van der Waals surface area contributed by atoms with Gasteiger partial charge in [-0.05, 0) is 48.6 Å². The minimum atomic E-state index is -1.20. The molecule has 0 spiro atoms. The van der Waals surface area contributed by atoms with Gasteiger partial charge in [-0.2, -0.15) is 0 Å². The fourth-order valence-electron chi connectivity index (χ4n) is 7.82. The maximum Gasteiger partial charge on any atom is 0.404 e. The van der Waals surface area contributed by atoms with Crippen molar-refractivity contribution in [1.29, 1.82) is 0 Å². The highest BCUT2D eigenvalue weighted by Gasteiger charge is 2.50. The molecule has 0 aliphatic carbocycles. The quantitative estimate of drug-likeness (QED) is 0.0456. The van der Waals surface area contributed by atoms with E-state index in [0.29, 0.717) is 0 Å². The van der Waals surface area contributed by atoms with Gasteiger partial charge in [0.25, 0.3) is 0 Å². The number of amides is 4. The highest BCUT2D eigenvalue weighted by molar-refractivity contribution is 8.02. The number of hydrogen-bond donors (Lipinski definition) is 4. The zero-order valence-corrected chi connectivity index (χ0v) is 38.5. The standard InChI is InChI=1S/C49H57N5O9S2/c1-34-43(64-33-52-34)36-21-19-35(20-22-36)30-51-45(57)41-29-40(55)31-54(41)46(58)44(53-42(56)32-62-26-25-60-23-24-61-27-28-63-47(50)59)48(2,3)65-49(37-13-7-4-8-14-37,38-15-9-5-10-16-38)39-17-11-6-12-18-39/h4-22,33,40-41,44,55H,23-32H2,1-3H3,(H2,50,59)(H,51,57)(H,53,56)/t40-,41+,44-/m1/s1. The van der Waals surface area contributed by atoms with Gasteiger partial charge in [-0.15, -0.1) is 23.1 Å². The van der Waals surface area contributed by atoms with E-state index in [2.05, 4.69) is 56.8 Å². The second-order valence-electron chi connectivity index (χ2n) is 16.0. The van der Waals surface area contributed by atoms with Crippen molar-refractivity contribution in [2.24, 2.45) is 5.73 Å². The van der Waals surface area contributed by atoms with Crippen molar-refractivity contribution in [3.8, 4) is 10.4 Å². The van der Waals surface area contributed by atoms with Gasteiger partial charge in [0.1, 0.15) is 25.3 Å². The summed E-state index contributed by atoms with van der Waals surface area (Å²) < 4.78 is 19.2. The molecule has 0 bridgehead atoms. The number of nitrogens with two attached hydrogens (primary N) is 1. The molecule has 5 aromatic rings. The highest BCUT2D eigenvalue weighted by Crippen LogP contribution is 2.54. The number of aryl methyl sites for hydroxylation is 1. The topological polar surface area (TPSA) is 192 Å². The number of carbonyl (C=O) groups is 4. The van der Waals surface area contributed by atoms with Crippen LogP contribution in [0.25, 0.3) is 10.4 Å². The number of carbonyl (C=O) groups excluding carboxylic acids is 4. The predicted molar refractivity (Wildman–Crippen MR) is 251 cm³/mol. The third-order valence-corrected chi connectivity index (χ3v) is 13.7. The van der Waals surface area contributed by atoms with Crippen LogP contribution in [0.4, 0.5) is 4.79 Å². The molecule has 6 rings (SSSR count). The van der Waals surface area contributed by atoms with Crippen LogP contribution < -0.4 is 16.4 Å². The lowest BCUT2D eigenvalue weighted by Crippen LogP contribution is -2.61. The second kappa shape index (κ2) is 23.5. The van der Waals surface area contributed by atoms with Gasteiger partial charge in [-0.1, -0.05) is 115 Å². The third-order valence-electron chi connectivity index (χ3n) is 10.9. The Morgan fingerprint density at radius 2 is 1.35 bits per heavy atom. The highest BCUT2D eigenvalue weighted by atomic mass is 32.2. The fraction of sp³-hybridized carbons (Fsp3) is 0.367. The number of thiazole rings is 1. The van der Waals surface area contributed by atoms with Crippen LogP contribution >= 0.6 is 23.1 Å². The first-order valence-corrected chi connectivity index (χ1v) is 23.2. The summed E-state index contributed by atoms with van der Waals surface area (Å²) in [5.74, 6) is -1.46. The van der Waals surface area contributed by atoms with E-state index in [0.717, 1.165) is 38.4 Å². The van der Waals surface area contributed by atoms with Crippen LogP contribution in [-0.2, 0) is 44.6 Å². The van der Waals surface area contributed by atoms with Gasteiger partial charge in [0, 0.05) is 24.3 Å². The van der Waals surface area contributed by atoms with Crippen LogP contribution in [0.5, 0.6) is 0 Å². The number of rotatable bonds is 23. The zero-order valence-electron chi connectivity index (χ0n) is 36.9. The summed E-state index contributed by atoms with van der Waals surface area (Å²) in [6.07, 6.45) is -1.80. The number of nitrogens with zero attached hydrogens (tertiary/aromatic N) is 2. The molecule has 0 saturated carbocycles. The summed E-state index contributed by atoms with van der Waals surface area (Å²) in [5.41, 5.74) is 12.5. The molecule has 344 valence electrons. The smallest absolute Gasteiger partial charge is 0.404 e. The Morgan fingerprint density at radius 3 is 1.88 bits per heavy atom. The summed E-state index contributed by atoms with van der Waals surface area (Å²) in [5, 5.41) is 17.0. The first kappa shape index (κ1) is 48.8. The summed E-state index contributed by atoms with van der Waals surface area (Å²) in [7, 11) is 0. The second-order valence-corrected chi connectivity index (χ2v) is 18.7. The Balaban J connectivity index is 1.22. The molecule has 4 aromatic carbocycles. The Morgan fingerprint density at radius 1 is 0.815 bits per heavy atom. The fourth-order valence-corrected chi connectivity index (χ4v) is 10.5. The van der Waals surface area contributed by atoms with Crippen molar-refractivity contribution in [3.63, 3.8) is 0 Å². The lowest BCUT2D eigenvalue weighted by atomic mass is 9.84. The number of β-amino-alcohol motifs (C(OH)–C–C–N with tert-alkyl or cyclic N) is 1. The van der Waals surface area contributed by atoms with Crippen molar-refractivity contribution < 1.29 is 43.2 Å². The largest absolute Gasteiger partial charge is 0.447 e. The molecule has 1 saturated heterocycles. The van der Waals surface area contributed by atoms with E-state index in [1.165, 1.54) is 16.7 Å². The van der Waals surface area contributed by atoms with Crippen molar-refractivity contribution in [1.82, 2.24) is 20.5 Å². The number of thioether (sulfide) groups is 1. The van der Waals surface area contributed by atoms with E-state index < -0.39 is 51.5 Å². The molecule has 1 aromatic heterocycles. The summed E-state index contributed by atoms with van der Waals surface area (Å²) in [6.45, 7) is 6.51. The van der Waals surface area contributed by atoms with Crippen molar-refractivity contribution in [2.75, 3.05) is 52.8 Å². The zero-order chi connectivity index (χ0) is 46.2. The summed E-state index contributed by atoms with van der Waals surface area (Å²) in [6, 6.07) is 35.8. The minimum absolute atomic E-state index is 0.0344. The van der Waals surface area contributed by atoms with Gasteiger partial charge in [-0.3, -0.25) is 14.4 Å². The summed E-state index contributed by atoms with van der Waals surface area (Å²) >= 11 is 3.09. The van der Waals surface area contributed by atoms with Gasteiger partial charge in [0.2, 0.25) is 17.7 Å². The van der Waals surface area contributed by atoms with E-state index in [4.69, 9.17) is 19.9 Å². The average molecular weight is 924 g/mol. The molecule has 0 unspecified atom stereocenters. The SMILES string of the molecule is Cc1ncsc1-c1ccc(CNC(=O)[C@@H]2C[C@@H](O)CN2C(=O)[C@@H](NC(=O)COCCOCCOCCOC(N)=O)C(C)(C)SC(c2ccccc2)(c2ccccc2)c2ccccc2)cc1. The lowest BCUT2D eigenvalue weighted by molar-refractivity contribution is -0.142. The number of likely N-dealkylation sites (tertiary alicyclic amines) is 1. The number of nitrogens with one attached hydrogen (secondary N) is 2. The average Bonchev–Trinajstić information content (AvgIpc) is 3.94. The molecule has 5 N–H and O–H groups in total. The molecule has 14 nitrogen and oxygen atoms in total.